The summed E-state index contributed by atoms with van der Waals surface area (Å²) < 4.78 is 5.17. The fraction of sp³-hybridized carbons (Fsp3) is 0.261. The van der Waals surface area contributed by atoms with Gasteiger partial charge in [0.25, 0.3) is 5.91 Å². The quantitative estimate of drug-likeness (QED) is 0.602. The van der Waals surface area contributed by atoms with E-state index in [0.29, 0.717) is 31.3 Å². The molecule has 0 saturated carbocycles. The fourth-order valence-electron chi connectivity index (χ4n) is 2.97. The monoisotopic (exact) mass is 390 g/mol. The molecule has 0 radical (unpaired) electrons. The fourth-order valence-corrected chi connectivity index (χ4v) is 2.97. The minimum absolute atomic E-state index is 0.100. The van der Waals surface area contributed by atoms with Gasteiger partial charge in [0.2, 0.25) is 5.95 Å². The molecule has 0 aliphatic heterocycles. The van der Waals surface area contributed by atoms with E-state index in [4.69, 9.17) is 4.74 Å². The summed E-state index contributed by atoms with van der Waals surface area (Å²) in [6, 6.07) is 19.6. The first-order valence-corrected chi connectivity index (χ1v) is 9.72. The summed E-state index contributed by atoms with van der Waals surface area (Å²) in [6.45, 7) is 3.81. The number of rotatable bonds is 9. The zero-order valence-electron chi connectivity index (χ0n) is 16.8. The summed E-state index contributed by atoms with van der Waals surface area (Å²) in [4.78, 5) is 23.3. The van der Waals surface area contributed by atoms with Crippen molar-refractivity contribution in [2.75, 3.05) is 25.5 Å². The Morgan fingerprint density at radius 3 is 2.48 bits per heavy atom. The molecule has 6 nitrogen and oxygen atoms in total. The van der Waals surface area contributed by atoms with Crippen molar-refractivity contribution in [3.8, 4) is 5.75 Å². The number of methoxy groups -OCH3 is 1. The maximum atomic E-state index is 12.9. The molecule has 0 aliphatic carbocycles. The highest BCUT2D eigenvalue weighted by Crippen LogP contribution is 2.12. The number of amides is 1. The summed E-state index contributed by atoms with van der Waals surface area (Å²) in [5, 5.41) is 3.20. The van der Waals surface area contributed by atoms with Crippen molar-refractivity contribution in [3.05, 3.63) is 83.7 Å². The normalized spacial score (nSPS) is 10.4. The van der Waals surface area contributed by atoms with Gasteiger partial charge in [0, 0.05) is 25.8 Å². The molecular formula is C23H26N4O2. The van der Waals surface area contributed by atoms with Crippen LogP contribution in [-0.4, -0.2) is 41.0 Å². The number of nitrogens with zero attached hydrogens (tertiary/aromatic N) is 3. The molecule has 0 saturated heterocycles. The van der Waals surface area contributed by atoms with E-state index < -0.39 is 0 Å². The van der Waals surface area contributed by atoms with Crippen molar-refractivity contribution in [1.29, 1.82) is 0 Å². The van der Waals surface area contributed by atoms with E-state index in [-0.39, 0.29) is 5.91 Å². The predicted octanol–water partition coefficient (Wildman–Crippen LogP) is 3.80. The van der Waals surface area contributed by atoms with Crippen LogP contribution in [-0.2, 0) is 13.0 Å². The van der Waals surface area contributed by atoms with Gasteiger partial charge in [-0.2, -0.15) is 0 Å². The van der Waals surface area contributed by atoms with Crippen molar-refractivity contribution >= 4 is 11.9 Å². The van der Waals surface area contributed by atoms with Crippen LogP contribution in [0.5, 0.6) is 5.75 Å². The molecule has 0 bridgehead atoms. The van der Waals surface area contributed by atoms with Gasteiger partial charge in [0.05, 0.1) is 7.11 Å². The standard InChI is InChI=1S/C23H26N4O2/c1-3-27(17-19-7-5-4-6-8-19)22(28)21-14-16-25-23(26-21)24-15-13-18-9-11-20(29-2)12-10-18/h4-12,14,16H,3,13,15,17H2,1-2H3,(H,24,25,26). The minimum Gasteiger partial charge on any atom is -0.497 e. The van der Waals surface area contributed by atoms with Crippen molar-refractivity contribution in [2.45, 2.75) is 19.9 Å². The third kappa shape index (κ3) is 5.78. The lowest BCUT2D eigenvalue weighted by molar-refractivity contribution is 0.0746. The molecule has 0 aliphatic rings. The molecule has 1 aromatic heterocycles. The molecule has 0 spiro atoms. The Hall–Kier alpha value is -3.41. The van der Waals surface area contributed by atoms with Gasteiger partial charge in [-0.3, -0.25) is 4.79 Å². The van der Waals surface area contributed by atoms with Crippen molar-refractivity contribution in [1.82, 2.24) is 14.9 Å². The topological polar surface area (TPSA) is 67.4 Å². The first kappa shape index (κ1) is 20.3. The van der Waals surface area contributed by atoms with Gasteiger partial charge < -0.3 is 15.0 Å². The zero-order valence-corrected chi connectivity index (χ0v) is 16.8. The molecule has 3 rings (SSSR count). The van der Waals surface area contributed by atoms with Crippen LogP contribution in [0.1, 0.15) is 28.5 Å². The van der Waals surface area contributed by atoms with Crippen LogP contribution in [0.4, 0.5) is 5.95 Å². The molecule has 2 aromatic carbocycles. The van der Waals surface area contributed by atoms with E-state index in [1.807, 2.05) is 61.5 Å². The maximum absolute atomic E-state index is 12.9. The molecule has 29 heavy (non-hydrogen) atoms. The SMILES string of the molecule is CCN(Cc1ccccc1)C(=O)c1ccnc(NCCc2ccc(OC)cc2)n1. The van der Waals surface area contributed by atoms with E-state index in [9.17, 15) is 4.79 Å². The molecule has 1 amide bonds. The summed E-state index contributed by atoms with van der Waals surface area (Å²) in [5.74, 6) is 1.20. The van der Waals surface area contributed by atoms with Crippen LogP contribution in [0.15, 0.2) is 66.9 Å². The number of nitrogens with one attached hydrogen (secondary N) is 1. The smallest absolute Gasteiger partial charge is 0.272 e. The van der Waals surface area contributed by atoms with E-state index in [2.05, 4.69) is 15.3 Å². The maximum Gasteiger partial charge on any atom is 0.272 e. The molecule has 6 heteroatoms. The van der Waals surface area contributed by atoms with E-state index in [1.54, 1.807) is 24.3 Å². The number of carbonyl (C=O) groups excluding carboxylic acids is 1. The molecule has 1 N–H and O–H groups in total. The van der Waals surface area contributed by atoms with Crippen LogP contribution < -0.4 is 10.1 Å². The lowest BCUT2D eigenvalue weighted by atomic mass is 10.1. The van der Waals surface area contributed by atoms with E-state index in [0.717, 1.165) is 17.7 Å². The number of ether oxygens (including phenoxy) is 1. The largest absolute Gasteiger partial charge is 0.497 e. The van der Waals surface area contributed by atoms with Crippen LogP contribution in [0, 0.1) is 0 Å². The highest BCUT2D eigenvalue weighted by molar-refractivity contribution is 5.92. The Labute approximate surface area is 171 Å². The summed E-state index contributed by atoms with van der Waals surface area (Å²) in [5.41, 5.74) is 2.67. The first-order chi connectivity index (χ1) is 14.2. The number of benzene rings is 2. The van der Waals surface area contributed by atoms with Gasteiger partial charge in [-0.15, -0.1) is 0 Å². The molecule has 0 unspecified atom stereocenters. The lowest BCUT2D eigenvalue weighted by Crippen LogP contribution is -2.31. The Morgan fingerprint density at radius 1 is 1.03 bits per heavy atom. The number of carbonyl (C=O) groups is 1. The average molecular weight is 390 g/mol. The third-order valence-electron chi connectivity index (χ3n) is 4.62. The van der Waals surface area contributed by atoms with Gasteiger partial charge >= 0.3 is 0 Å². The average Bonchev–Trinajstić information content (AvgIpc) is 2.78. The Bertz CT molecular complexity index is 914. The van der Waals surface area contributed by atoms with Gasteiger partial charge in [0.1, 0.15) is 11.4 Å². The number of anilines is 1. The Kier molecular flexibility index (Phi) is 7.16. The van der Waals surface area contributed by atoms with Crippen molar-refractivity contribution in [3.63, 3.8) is 0 Å². The van der Waals surface area contributed by atoms with Gasteiger partial charge in [-0.1, -0.05) is 42.5 Å². The minimum atomic E-state index is -0.100. The molecular weight excluding hydrogens is 364 g/mol. The summed E-state index contributed by atoms with van der Waals surface area (Å²) in [7, 11) is 1.65. The second kappa shape index (κ2) is 10.2. The van der Waals surface area contributed by atoms with Crippen LogP contribution in [0.25, 0.3) is 0 Å². The summed E-state index contributed by atoms with van der Waals surface area (Å²) >= 11 is 0. The van der Waals surface area contributed by atoms with Gasteiger partial charge in [-0.05, 0) is 42.7 Å². The molecule has 3 aromatic rings. The molecule has 0 fully saturated rings. The zero-order chi connectivity index (χ0) is 20.5. The number of hydrogen-bond acceptors (Lipinski definition) is 5. The predicted molar refractivity (Wildman–Crippen MR) is 114 cm³/mol. The Morgan fingerprint density at radius 2 is 1.79 bits per heavy atom. The van der Waals surface area contributed by atoms with E-state index >= 15 is 0 Å². The van der Waals surface area contributed by atoms with Crippen molar-refractivity contribution < 1.29 is 9.53 Å². The first-order valence-electron chi connectivity index (χ1n) is 9.72. The molecule has 0 atom stereocenters. The number of hydrogen-bond donors (Lipinski definition) is 1. The third-order valence-corrected chi connectivity index (χ3v) is 4.62. The molecule has 1 heterocycles. The molecule has 150 valence electrons. The van der Waals surface area contributed by atoms with Gasteiger partial charge in [-0.25, -0.2) is 9.97 Å². The summed E-state index contributed by atoms with van der Waals surface area (Å²) in [6.07, 6.45) is 2.44. The Balaban J connectivity index is 1.59. The van der Waals surface area contributed by atoms with Crippen molar-refractivity contribution in [2.24, 2.45) is 0 Å². The van der Waals surface area contributed by atoms with Gasteiger partial charge in [0.15, 0.2) is 0 Å². The highest BCUT2D eigenvalue weighted by Gasteiger charge is 2.16. The second-order valence-corrected chi connectivity index (χ2v) is 6.60. The number of aromatic nitrogens is 2. The van der Waals surface area contributed by atoms with Crippen LogP contribution in [0.3, 0.4) is 0 Å². The van der Waals surface area contributed by atoms with E-state index in [1.165, 1.54) is 5.56 Å². The second-order valence-electron chi connectivity index (χ2n) is 6.60. The van der Waals surface area contributed by atoms with Crippen LogP contribution >= 0.6 is 0 Å². The highest BCUT2D eigenvalue weighted by atomic mass is 16.5. The van der Waals surface area contributed by atoms with Crippen LogP contribution in [0.2, 0.25) is 0 Å². The lowest BCUT2D eigenvalue weighted by Gasteiger charge is -2.20.